The van der Waals surface area contributed by atoms with E-state index in [4.69, 9.17) is 11.6 Å². The van der Waals surface area contributed by atoms with Crippen LogP contribution in [-0.2, 0) is 10.3 Å². The maximum absolute atomic E-state index is 12.6. The number of carbonyl (C=O) groups is 1. The van der Waals surface area contributed by atoms with E-state index in [2.05, 4.69) is 5.32 Å². The van der Waals surface area contributed by atoms with Gasteiger partial charge in [-0.1, -0.05) is 36.2 Å². The third-order valence-corrected chi connectivity index (χ3v) is 4.73. The fraction of sp³-hybridized carbons (Fsp3) is 0.562. The molecule has 0 radical (unpaired) electrons. The van der Waals surface area contributed by atoms with E-state index in [1.54, 1.807) is 0 Å². The molecule has 2 aliphatic carbocycles. The SMILES string of the molecule is O=C1CCCCC1(NCC1CC1)c1ccccc1Cl. The van der Waals surface area contributed by atoms with Gasteiger partial charge in [0.15, 0.2) is 5.78 Å². The summed E-state index contributed by atoms with van der Waals surface area (Å²) >= 11 is 6.35. The zero-order valence-electron chi connectivity index (χ0n) is 11.1. The molecule has 0 heterocycles. The van der Waals surface area contributed by atoms with Crippen LogP contribution in [0.2, 0.25) is 5.02 Å². The summed E-state index contributed by atoms with van der Waals surface area (Å²) in [5.74, 6) is 1.07. The van der Waals surface area contributed by atoms with E-state index in [1.165, 1.54) is 12.8 Å². The van der Waals surface area contributed by atoms with Crippen LogP contribution < -0.4 is 5.32 Å². The monoisotopic (exact) mass is 277 g/mol. The zero-order chi connectivity index (χ0) is 13.3. The number of rotatable bonds is 4. The Hall–Kier alpha value is -0.860. The van der Waals surface area contributed by atoms with Crippen molar-refractivity contribution in [3.8, 4) is 0 Å². The summed E-state index contributed by atoms with van der Waals surface area (Å²) in [6, 6.07) is 7.79. The molecule has 2 fully saturated rings. The third-order valence-electron chi connectivity index (χ3n) is 4.40. The van der Waals surface area contributed by atoms with Crippen LogP contribution in [0.15, 0.2) is 24.3 Å². The van der Waals surface area contributed by atoms with Crippen molar-refractivity contribution in [3.05, 3.63) is 34.9 Å². The van der Waals surface area contributed by atoms with Gasteiger partial charge in [0.2, 0.25) is 0 Å². The molecule has 102 valence electrons. The van der Waals surface area contributed by atoms with Gasteiger partial charge < -0.3 is 5.32 Å². The molecule has 0 spiro atoms. The Bertz CT molecular complexity index is 483. The van der Waals surface area contributed by atoms with Crippen molar-refractivity contribution in [2.75, 3.05) is 6.54 Å². The lowest BCUT2D eigenvalue weighted by Gasteiger charge is -2.38. The number of hydrogen-bond acceptors (Lipinski definition) is 2. The third kappa shape index (κ3) is 2.56. The molecule has 1 aromatic carbocycles. The van der Waals surface area contributed by atoms with Crippen molar-refractivity contribution < 1.29 is 4.79 Å². The van der Waals surface area contributed by atoms with E-state index in [0.29, 0.717) is 17.2 Å². The van der Waals surface area contributed by atoms with Crippen molar-refractivity contribution in [1.29, 1.82) is 0 Å². The summed E-state index contributed by atoms with van der Waals surface area (Å²) in [6.07, 6.45) is 6.23. The molecule has 3 rings (SSSR count). The van der Waals surface area contributed by atoms with E-state index >= 15 is 0 Å². The van der Waals surface area contributed by atoms with Crippen LogP contribution in [0.25, 0.3) is 0 Å². The Morgan fingerprint density at radius 2 is 2.05 bits per heavy atom. The topological polar surface area (TPSA) is 29.1 Å². The van der Waals surface area contributed by atoms with Crippen LogP contribution in [-0.4, -0.2) is 12.3 Å². The molecule has 0 aliphatic heterocycles. The second-order valence-corrected chi connectivity index (χ2v) is 6.25. The van der Waals surface area contributed by atoms with Crippen molar-refractivity contribution in [1.82, 2.24) is 5.32 Å². The van der Waals surface area contributed by atoms with Gasteiger partial charge in [0, 0.05) is 11.4 Å². The predicted molar refractivity (Wildman–Crippen MR) is 77.3 cm³/mol. The smallest absolute Gasteiger partial charge is 0.157 e. The van der Waals surface area contributed by atoms with Crippen molar-refractivity contribution in [3.63, 3.8) is 0 Å². The van der Waals surface area contributed by atoms with E-state index in [-0.39, 0.29) is 0 Å². The first-order valence-corrected chi connectivity index (χ1v) is 7.63. The first-order valence-electron chi connectivity index (χ1n) is 7.26. The molecule has 0 aromatic heterocycles. The lowest BCUT2D eigenvalue weighted by Crippen LogP contribution is -2.51. The average molecular weight is 278 g/mol. The van der Waals surface area contributed by atoms with Crippen LogP contribution in [0.1, 0.15) is 44.1 Å². The molecule has 0 saturated heterocycles. The predicted octanol–water partition coefficient (Wildman–Crippen LogP) is 3.68. The molecule has 1 aromatic rings. The molecule has 2 saturated carbocycles. The van der Waals surface area contributed by atoms with Crippen LogP contribution >= 0.6 is 11.6 Å². The first kappa shape index (κ1) is 13.1. The van der Waals surface area contributed by atoms with Crippen molar-refractivity contribution in [2.24, 2.45) is 5.92 Å². The Kier molecular flexibility index (Phi) is 3.64. The number of Topliss-reactive ketones (excluding diaryl/α,β-unsaturated/α-hetero) is 1. The lowest BCUT2D eigenvalue weighted by molar-refractivity contribution is -0.128. The number of nitrogens with one attached hydrogen (secondary N) is 1. The van der Waals surface area contributed by atoms with Gasteiger partial charge >= 0.3 is 0 Å². The molecule has 2 aliphatic rings. The normalized spacial score (nSPS) is 27.5. The summed E-state index contributed by atoms with van der Waals surface area (Å²) in [6.45, 7) is 0.941. The van der Waals surface area contributed by atoms with Gasteiger partial charge in [-0.25, -0.2) is 0 Å². The Balaban J connectivity index is 1.94. The van der Waals surface area contributed by atoms with Gasteiger partial charge in [-0.2, -0.15) is 0 Å². The largest absolute Gasteiger partial charge is 0.301 e. The maximum atomic E-state index is 12.6. The van der Waals surface area contributed by atoms with E-state index in [1.807, 2.05) is 24.3 Å². The molecule has 0 amide bonds. The molecule has 2 nitrogen and oxygen atoms in total. The maximum Gasteiger partial charge on any atom is 0.157 e. The second-order valence-electron chi connectivity index (χ2n) is 5.84. The number of hydrogen-bond donors (Lipinski definition) is 1. The van der Waals surface area contributed by atoms with Gasteiger partial charge in [0.1, 0.15) is 5.54 Å². The molecule has 1 atom stereocenters. The highest BCUT2D eigenvalue weighted by molar-refractivity contribution is 6.31. The quantitative estimate of drug-likeness (QED) is 0.910. The van der Waals surface area contributed by atoms with Gasteiger partial charge in [0.25, 0.3) is 0 Å². The fourth-order valence-electron chi connectivity index (χ4n) is 3.04. The van der Waals surface area contributed by atoms with E-state index < -0.39 is 5.54 Å². The Morgan fingerprint density at radius 3 is 2.74 bits per heavy atom. The van der Waals surface area contributed by atoms with Crippen LogP contribution in [0.3, 0.4) is 0 Å². The highest BCUT2D eigenvalue weighted by Gasteiger charge is 2.43. The molecule has 1 unspecified atom stereocenters. The highest BCUT2D eigenvalue weighted by Crippen LogP contribution is 2.39. The van der Waals surface area contributed by atoms with Gasteiger partial charge in [-0.3, -0.25) is 4.79 Å². The molecular weight excluding hydrogens is 258 g/mol. The minimum atomic E-state index is -0.529. The van der Waals surface area contributed by atoms with E-state index in [0.717, 1.165) is 37.3 Å². The number of halogens is 1. The van der Waals surface area contributed by atoms with Gasteiger partial charge in [-0.15, -0.1) is 0 Å². The van der Waals surface area contributed by atoms with Gasteiger partial charge in [-0.05, 0) is 49.8 Å². The minimum absolute atomic E-state index is 0.313. The van der Waals surface area contributed by atoms with E-state index in [9.17, 15) is 4.79 Å². The highest BCUT2D eigenvalue weighted by atomic mass is 35.5. The standard InChI is InChI=1S/C16H20ClNO/c17-14-6-2-1-5-13(14)16(18-11-12-8-9-12)10-4-3-7-15(16)19/h1-2,5-6,12,18H,3-4,7-11H2. The summed E-state index contributed by atoms with van der Waals surface area (Å²) in [5, 5.41) is 4.28. The Morgan fingerprint density at radius 1 is 1.26 bits per heavy atom. The number of carbonyl (C=O) groups excluding carboxylic acids is 1. The fourth-order valence-corrected chi connectivity index (χ4v) is 3.34. The number of benzene rings is 1. The molecular formula is C16H20ClNO. The molecule has 3 heteroatoms. The average Bonchev–Trinajstić information content (AvgIpc) is 3.23. The minimum Gasteiger partial charge on any atom is -0.301 e. The second kappa shape index (κ2) is 5.26. The first-order chi connectivity index (χ1) is 9.22. The Labute approximate surface area is 119 Å². The molecule has 1 N–H and O–H groups in total. The summed E-state index contributed by atoms with van der Waals surface area (Å²) in [5.41, 5.74) is 0.446. The zero-order valence-corrected chi connectivity index (χ0v) is 11.9. The van der Waals surface area contributed by atoms with Crippen LogP contribution in [0.5, 0.6) is 0 Å². The summed E-state index contributed by atoms with van der Waals surface area (Å²) in [7, 11) is 0. The molecule has 0 bridgehead atoms. The van der Waals surface area contributed by atoms with Crippen LogP contribution in [0, 0.1) is 5.92 Å². The summed E-state index contributed by atoms with van der Waals surface area (Å²) < 4.78 is 0. The summed E-state index contributed by atoms with van der Waals surface area (Å²) in [4.78, 5) is 12.6. The number of ketones is 1. The lowest BCUT2D eigenvalue weighted by atomic mass is 9.75. The van der Waals surface area contributed by atoms with Crippen LogP contribution in [0.4, 0.5) is 0 Å². The van der Waals surface area contributed by atoms with Crippen molar-refractivity contribution in [2.45, 2.75) is 44.1 Å². The van der Waals surface area contributed by atoms with Crippen molar-refractivity contribution >= 4 is 17.4 Å². The molecule has 19 heavy (non-hydrogen) atoms. The van der Waals surface area contributed by atoms with Gasteiger partial charge in [0.05, 0.1) is 0 Å².